The summed E-state index contributed by atoms with van der Waals surface area (Å²) in [4.78, 5) is 13.7. The Morgan fingerprint density at radius 2 is 1.78 bits per heavy atom. The van der Waals surface area contributed by atoms with E-state index in [0.717, 1.165) is 44.8 Å². The minimum atomic E-state index is 0.466. The number of para-hydroxylation sites is 1. The van der Waals surface area contributed by atoms with Crippen LogP contribution < -0.4 is 25.2 Å². The molecule has 0 unspecified atom stereocenters. The zero-order valence-corrected chi connectivity index (χ0v) is 16.2. The molecule has 8 heteroatoms. The van der Waals surface area contributed by atoms with E-state index < -0.39 is 0 Å². The molecule has 2 aromatic rings. The van der Waals surface area contributed by atoms with Crippen molar-refractivity contribution in [3.05, 3.63) is 36.4 Å². The Morgan fingerprint density at radius 1 is 1.07 bits per heavy atom. The van der Waals surface area contributed by atoms with Crippen LogP contribution in [-0.4, -0.2) is 54.4 Å². The first-order valence-electron chi connectivity index (χ1n) is 9.27. The Bertz CT molecular complexity index is 790. The number of hydrogen-bond donors (Lipinski definition) is 2. The number of rotatable bonds is 5. The van der Waals surface area contributed by atoms with E-state index in [1.165, 1.54) is 5.69 Å². The molecule has 0 bridgehead atoms. The molecule has 1 aromatic heterocycles. The summed E-state index contributed by atoms with van der Waals surface area (Å²) >= 11 is 5.34. The summed E-state index contributed by atoms with van der Waals surface area (Å²) in [6.45, 7) is 3.67. The molecule has 1 aliphatic heterocycles. The number of aromatic nitrogens is 2. The fraction of sp³-hybridized carbons (Fsp3) is 0.421. The molecule has 27 heavy (non-hydrogen) atoms. The van der Waals surface area contributed by atoms with Crippen molar-refractivity contribution in [2.75, 3.05) is 48.4 Å². The van der Waals surface area contributed by atoms with Gasteiger partial charge in [0.2, 0.25) is 11.8 Å². The van der Waals surface area contributed by atoms with Crippen LogP contribution in [0.2, 0.25) is 0 Å². The lowest BCUT2D eigenvalue weighted by Gasteiger charge is -2.36. The molecule has 2 N–H and O–H groups in total. The van der Waals surface area contributed by atoms with Crippen molar-refractivity contribution in [3.63, 3.8) is 0 Å². The van der Waals surface area contributed by atoms with Gasteiger partial charge in [-0.25, -0.2) is 0 Å². The minimum absolute atomic E-state index is 0.466. The predicted molar refractivity (Wildman–Crippen MR) is 112 cm³/mol. The monoisotopic (exact) mass is 384 g/mol. The molecule has 7 nitrogen and oxygen atoms in total. The van der Waals surface area contributed by atoms with Crippen LogP contribution in [0.15, 0.2) is 36.4 Å². The van der Waals surface area contributed by atoms with Gasteiger partial charge in [-0.2, -0.15) is 9.97 Å². The van der Waals surface area contributed by atoms with Crippen LogP contribution >= 0.6 is 12.2 Å². The molecular weight excluding hydrogens is 360 g/mol. The van der Waals surface area contributed by atoms with E-state index >= 15 is 0 Å². The Labute approximate surface area is 164 Å². The van der Waals surface area contributed by atoms with E-state index in [2.05, 4.69) is 54.7 Å². The second kappa shape index (κ2) is 7.96. The van der Waals surface area contributed by atoms with Gasteiger partial charge in [-0.1, -0.05) is 18.2 Å². The third-order valence-corrected chi connectivity index (χ3v) is 4.98. The van der Waals surface area contributed by atoms with E-state index in [-0.39, 0.29) is 0 Å². The van der Waals surface area contributed by atoms with Crippen molar-refractivity contribution < 1.29 is 4.74 Å². The van der Waals surface area contributed by atoms with E-state index in [0.29, 0.717) is 23.0 Å². The number of hydrogen-bond acceptors (Lipinski definition) is 6. The molecule has 2 heterocycles. The van der Waals surface area contributed by atoms with Gasteiger partial charge in [0.05, 0.1) is 7.11 Å². The van der Waals surface area contributed by atoms with Crippen molar-refractivity contribution in [2.24, 2.45) is 0 Å². The molecule has 0 amide bonds. The molecule has 0 radical (unpaired) electrons. The van der Waals surface area contributed by atoms with Gasteiger partial charge in [0.15, 0.2) is 5.11 Å². The van der Waals surface area contributed by atoms with Crippen molar-refractivity contribution >= 4 is 34.8 Å². The fourth-order valence-electron chi connectivity index (χ4n) is 3.12. The van der Waals surface area contributed by atoms with Gasteiger partial charge in [-0.15, -0.1) is 0 Å². The van der Waals surface area contributed by atoms with Crippen LogP contribution in [-0.2, 0) is 0 Å². The zero-order valence-electron chi connectivity index (χ0n) is 15.4. The molecule has 1 aliphatic carbocycles. The summed E-state index contributed by atoms with van der Waals surface area (Å²) in [5.74, 6) is 1.85. The minimum Gasteiger partial charge on any atom is -0.481 e. The van der Waals surface area contributed by atoms with Crippen LogP contribution in [0, 0.1) is 0 Å². The van der Waals surface area contributed by atoms with E-state index in [4.69, 9.17) is 17.0 Å². The molecule has 0 spiro atoms. The molecule has 0 atom stereocenters. The highest BCUT2D eigenvalue weighted by Crippen LogP contribution is 2.23. The summed E-state index contributed by atoms with van der Waals surface area (Å²) in [7, 11) is 1.62. The highest BCUT2D eigenvalue weighted by Gasteiger charge is 2.23. The molecule has 1 saturated heterocycles. The van der Waals surface area contributed by atoms with Crippen molar-refractivity contribution in [2.45, 2.75) is 18.9 Å². The predicted octanol–water partition coefficient (Wildman–Crippen LogP) is 2.26. The molecule has 1 aromatic carbocycles. The Morgan fingerprint density at radius 3 is 2.44 bits per heavy atom. The topological polar surface area (TPSA) is 65.6 Å². The number of methoxy groups -OCH3 is 1. The van der Waals surface area contributed by atoms with Crippen molar-refractivity contribution in [1.29, 1.82) is 0 Å². The van der Waals surface area contributed by atoms with E-state index in [9.17, 15) is 0 Å². The van der Waals surface area contributed by atoms with Gasteiger partial charge in [0.1, 0.15) is 5.82 Å². The van der Waals surface area contributed by atoms with Crippen molar-refractivity contribution in [3.8, 4) is 5.88 Å². The van der Waals surface area contributed by atoms with Gasteiger partial charge in [0, 0.05) is 44.0 Å². The third kappa shape index (κ3) is 4.57. The highest BCUT2D eigenvalue weighted by molar-refractivity contribution is 7.80. The first-order chi connectivity index (χ1) is 13.2. The molecular formula is C19H24N6OS. The van der Waals surface area contributed by atoms with E-state index in [1.54, 1.807) is 7.11 Å². The van der Waals surface area contributed by atoms with Crippen LogP contribution in [0.1, 0.15) is 12.8 Å². The lowest BCUT2D eigenvalue weighted by molar-refractivity contribution is 0.397. The number of nitrogens with one attached hydrogen (secondary N) is 2. The van der Waals surface area contributed by atoms with Crippen molar-refractivity contribution in [1.82, 2.24) is 15.3 Å². The summed E-state index contributed by atoms with van der Waals surface area (Å²) in [5.41, 5.74) is 1.26. The number of ether oxygens (including phenoxy) is 1. The summed E-state index contributed by atoms with van der Waals surface area (Å²) in [6.07, 6.45) is 2.33. The van der Waals surface area contributed by atoms with Gasteiger partial charge in [-0.3, -0.25) is 0 Å². The third-order valence-electron chi connectivity index (χ3n) is 4.76. The first kappa shape index (κ1) is 17.8. The Hall–Kier alpha value is -2.61. The largest absolute Gasteiger partial charge is 0.481 e. The van der Waals surface area contributed by atoms with Gasteiger partial charge < -0.3 is 25.2 Å². The van der Waals surface area contributed by atoms with Crippen LogP contribution in [0.3, 0.4) is 0 Å². The fourth-order valence-corrected chi connectivity index (χ4v) is 3.38. The van der Waals surface area contributed by atoms with Gasteiger partial charge >= 0.3 is 0 Å². The lowest BCUT2D eigenvalue weighted by atomic mass is 10.2. The maximum absolute atomic E-state index is 5.36. The molecule has 4 rings (SSSR count). The summed E-state index contributed by atoms with van der Waals surface area (Å²) in [5, 5.41) is 6.89. The van der Waals surface area contributed by atoms with Crippen LogP contribution in [0.5, 0.6) is 5.88 Å². The summed E-state index contributed by atoms with van der Waals surface area (Å²) < 4.78 is 5.36. The van der Waals surface area contributed by atoms with Crippen LogP contribution in [0.25, 0.3) is 0 Å². The second-order valence-corrected chi connectivity index (χ2v) is 7.18. The number of thiocarbonyl (C=S) groups is 1. The molecule has 142 valence electrons. The lowest BCUT2D eigenvalue weighted by Crippen LogP contribution is -2.47. The molecule has 2 aliphatic rings. The van der Waals surface area contributed by atoms with E-state index in [1.807, 2.05) is 12.1 Å². The van der Waals surface area contributed by atoms with Crippen LogP contribution in [0.4, 0.5) is 17.5 Å². The smallest absolute Gasteiger partial charge is 0.234 e. The van der Waals surface area contributed by atoms with Gasteiger partial charge in [-0.05, 0) is 37.2 Å². The maximum Gasteiger partial charge on any atom is 0.234 e. The number of anilines is 3. The quantitative estimate of drug-likeness (QED) is 0.761. The normalized spacial score (nSPS) is 16.8. The maximum atomic E-state index is 5.36. The molecule has 1 saturated carbocycles. The first-order valence-corrected chi connectivity index (χ1v) is 9.67. The molecule has 2 fully saturated rings. The number of benzene rings is 1. The average Bonchev–Trinajstić information content (AvgIpc) is 3.52. The summed E-state index contributed by atoms with van der Waals surface area (Å²) in [6, 6.07) is 12.9. The number of nitrogens with zero attached hydrogens (tertiary/aromatic N) is 4. The Balaban J connectivity index is 1.43. The average molecular weight is 385 g/mol. The highest BCUT2D eigenvalue weighted by atomic mass is 32.1. The Kier molecular flexibility index (Phi) is 5.24. The SMILES string of the molecule is COc1cc(N2CCN(c3ccccc3)CC2)nc(NC(=S)NC2CC2)n1. The number of piperazine rings is 1. The van der Waals surface area contributed by atoms with Gasteiger partial charge in [0.25, 0.3) is 0 Å². The second-order valence-electron chi connectivity index (χ2n) is 6.77. The standard InChI is InChI=1S/C19H24N6OS/c1-26-17-13-16(21-18(22-17)23-19(27)20-14-7-8-14)25-11-9-24(10-12-25)15-5-3-2-4-6-15/h2-6,13-14H,7-12H2,1H3,(H2,20,21,22,23,27). The zero-order chi connectivity index (χ0) is 18.6.